The molecule has 1 fully saturated rings. The summed E-state index contributed by atoms with van der Waals surface area (Å²) in [7, 11) is 0. The highest BCUT2D eigenvalue weighted by Crippen LogP contribution is 2.42. The third-order valence-electron chi connectivity index (χ3n) is 4.41. The summed E-state index contributed by atoms with van der Waals surface area (Å²) in [5.74, 6) is 0.288. The van der Waals surface area contributed by atoms with Gasteiger partial charge in [0, 0.05) is 17.9 Å². The summed E-state index contributed by atoms with van der Waals surface area (Å²) in [6.07, 6.45) is 3.23. The number of carbonyl (C=O) groups is 2. The molecule has 0 aliphatic carbocycles. The average Bonchev–Trinajstić information content (AvgIpc) is 3.47. The quantitative estimate of drug-likeness (QED) is 0.708. The molecule has 2 aromatic heterocycles. The molecule has 3 heterocycles. The molecule has 1 saturated heterocycles. The largest absolute Gasteiger partial charge is 0.472 e. The fourth-order valence-electron chi connectivity index (χ4n) is 3.06. The summed E-state index contributed by atoms with van der Waals surface area (Å²) in [6, 6.07) is 14.7. The van der Waals surface area contributed by atoms with Gasteiger partial charge in [-0.25, -0.2) is 0 Å². The second-order valence-corrected chi connectivity index (χ2v) is 8.21. The fourth-order valence-corrected chi connectivity index (χ4v) is 5.13. The standard InChI is InChI=1S/C20H18N2O3S2/c23-18(21-11-14-5-2-1-3-6-14)16-13-27-20(15-8-9-25-12-15)22(16)19(24)17-7-4-10-26-17/h1-10,12,16,20H,11,13H2,(H,21,23). The van der Waals surface area contributed by atoms with Crippen molar-refractivity contribution in [2.24, 2.45) is 0 Å². The van der Waals surface area contributed by atoms with Crippen molar-refractivity contribution >= 4 is 34.9 Å². The maximum Gasteiger partial charge on any atom is 0.265 e. The minimum Gasteiger partial charge on any atom is -0.472 e. The molecule has 7 heteroatoms. The number of nitrogens with zero attached hydrogens (tertiary/aromatic N) is 1. The zero-order valence-electron chi connectivity index (χ0n) is 14.4. The lowest BCUT2D eigenvalue weighted by molar-refractivity contribution is -0.125. The fraction of sp³-hybridized carbons (Fsp3) is 0.200. The first-order chi connectivity index (χ1) is 13.2. The van der Waals surface area contributed by atoms with Crippen LogP contribution in [0.3, 0.4) is 0 Å². The average molecular weight is 399 g/mol. The Morgan fingerprint density at radius 3 is 2.70 bits per heavy atom. The van der Waals surface area contributed by atoms with Crippen molar-refractivity contribution in [1.29, 1.82) is 0 Å². The molecule has 1 N–H and O–H groups in total. The van der Waals surface area contributed by atoms with Crippen molar-refractivity contribution < 1.29 is 14.0 Å². The molecule has 0 spiro atoms. The van der Waals surface area contributed by atoms with Crippen LogP contribution < -0.4 is 5.32 Å². The molecule has 27 heavy (non-hydrogen) atoms. The van der Waals surface area contributed by atoms with Crippen LogP contribution in [0.4, 0.5) is 0 Å². The highest BCUT2D eigenvalue weighted by atomic mass is 32.2. The Labute approximate surface area is 165 Å². The molecular formula is C20H18N2O3S2. The summed E-state index contributed by atoms with van der Waals surface area (Å²) < 4.78 is 5.20. The van der Waals surface area contributed by atoms with Gasteiger partial charge in [-0.2, -0.15) is 0 Å². The first-order valence-electron chi connectivity index (χ1n) is 8.55. The molecule has 4 rings (SSSR count). The molecule has 1 aliphatic rings. The molecule has 3 aromatic rings. The van der Waals surface area contributed by atoms with Crippen molar-refractivity contribution in [3.8, 4) is 0 Å². The number of benzene rings is 1. The van der Waals surface area contributed by atoms with E-state index >= 15 is 0 Å². The minimum atomic E-state index is -0.520. The van der Waals surface area contributed by atoms with Gasteiger partial charge in [-0.3, -0.25) is 9.59 Å². The Hall–Kier alpha value is -2.51. The van der Waals surface area contributed by atoms with Crippen LogP contribution in [-0.4, -0.2) is 28.5 Å². The molecular weight excluding hydrogens is 380 g/mol. The molecule has 1 aliphatic heterocycles. The van der Waals surface area contributed by atoms with Crippen molar-refractivity contribution in [2.75, 3.05) is 5.75 Å². The number of thiophene rings is 1. The zero-order valence-corrected chi connectivity index (χ0v) is 16.0. The van der Waals surface area contributed by atoms with Crippen molar-refractivity contribution in [1.82, 2.24) is 10.2 Å². The molecule has 5 nitrogen and oxygen atoms in total. The second-order valence-electron chi connectivity index (χ2n) is 6.15. The van der Waals surface area contributed by atoms with E-state index in [2.05, 4.69) is 5.32 Å². The van der Waals surface area contributed by atoms with Crippen LogP contribution in [0.15, 0.2) is 70.9 Å². The van der Waals surface area contributed by atoms with Gasteiger partial charge in [-0.15, -0.1) is 23.1 Å². The monoisotopic (exact) mass is 398 g/mol. The van der Waals surface area contributed by atoms with E-state index in [1.807, 2.05) is 47.8 Å². The Bertz CT molecular complexity index is 895. The van der Waals surface area contributed by atoms with Crippen molar-refractivity contribution in [3.63, 3.8) is 0 Å². The normalized spacial score (nSPS) is 19.2. The summed E-state index contributed by atoms with van der Waals surface area (Å²) in [4.78, 5) is 28.3. The molecule has 1 aromatic carbocycles. The number of nitrogens with one attached hydrogen (secondary N) is 1. The molecule has 2 atom stereocenters. The summed E-state index contributed by atoms with van der Waals surface area (Å²) in [5, 5.41) is 4.61. The predicted octanol–water partition coefficient (Wildman–Crippen LogP) is 3.91. The number of furan rings is 1. The van der Waals surface area contributed by atoms with Gasteiger partial charge in [0.25, 0.3) is 5.91 Å². The highest BCUT2D eigenvalue weighted by Gasteiger charge is 2.43. The third-order valence-corrected chi connectivity index (χ3v) is 6.59. The van der Waals surface area contributed by atoms with Gasteiger partial charge in [-0.05, 0) is 23.1 Å². The van der Waals surface area contributed by atoms with Crippen LogP contribution in [0, 0.1) is 0 Å². The van der Waals surface area contributed by atoms with Crippen LogP contribution in [0.5, 0.6) is 0 Å². The van der Waals surface area contributed by atoms with Gasteiger partial charge in [0.2, 0.25) is 5.91 Å². The Balaban J connectivity index is 1.54. The molecule has 2 amide bonds. The van der Waals surface area contributed by atoms with Crippen LogP contribution in [-0.2, 0) is 11.3 Å². The number of carbonyl (C=O) groups excluding carboxylic acids is 2. The van der Waals surface area contributed by atoms with Gasteiger partial charge >= 0.3 is 0 Å². The van der Waals surface area contributed by atoms with Crippen LogP contribution in [0.25, 0.3) is 0 Å². The van der Waals surface area contributed by atoms with Crippen molar-refractivity contribution in [2.45, 2.75) is 18.0 Å². The Morgan fingerprint density at radius 2 is 2.00 bits per heavy atom. The maximum atomic E-state index is 13.1. The zero-order chi connectivity index (χ0) is 18.6. The minimum absolute atomic E-state index is 0.124. The summed E-state index contributed by atoms with van der Waals surface area (Å²) in [6.45, 7) is 0.443. The maximum absolute atomic E-state index is 13.1. The van der Waals surface area contributed by atoms with E-state index in [-0.39, 0.29) is 17.2 Å². The van der Waals surface area contributed by atoms with Gasteiger partial charge in [-0.1, -0.05) is 36.4 Å². The first kappa shape index (κ1) is 17.9. The van der Waals surface area contributed by atoms with E-state index < -0.39 is 6.04 Å². The first-order valence-corrected chi connectivity index (χ1v) is 10.5. The van der Waals surface area contributed by atoms with Crippen LogP contribution in [0.2, 0.25) is 0 Å². The van der Waals surface area contributed by atoms with E-state index in [1.54, 1.807) is 35.3 Å². The topological polar surface area (TPSA) is 62.6 Å². The number of amides is 2. The number of rotatable bonds is 5. The SMILES string of the molecule is O=C(NCc1ccccc1)C1CSC(c2ccoc2)N1C(=O)c1cccs1. The van der Waals surface area contributed by atoms with E-state index in [1.165, 1.54) is 11.3 Å². The Kier molecular flexibility index (Phi) is 5.31. The van der Waals surface area contributed by atoms with E-state index in [4.69, 9.17) is 4.42 Å². The van der Waals surface area contributed by atoms with Crippen molar-refractivity contribution in [3.05, 3.63) is 82.4 Å². The number of hydrogen-bond acceptors (Lipinski definition) is 5. The highest BCUT2D eigenvalue weighted by molar-refractivity contribution is 7.99. The van der Waals surface area contributed by atoms with E-state index in [0.717, 1.165) is 11.1 Å². The Morgan fingerprint density at radius 1 is 1.15 bits per heavy atom. The predicted molar refractivity (Wildman–Crippen MR) is 106 cm³/mol. The molecule has 0 radical (unpaired) electrons. The van der Waals surface area contributed by atoms with Gasteiger partial charge in [0.15, 0.2) is 0 Å². The van der Waals surface area contributed by atoms with Crippen LogP contribution >= 0.6 is 23.1 Å². The van der Waals surface area contributed by atoms with Gasteiger partial charge in [0.05, 0.1) is 17.4 Å². The molecule has 138 valence electrons. The lowest BCUT2D eigenvalue weighted by Gasteiger charge is -2.28. The van der Waals surface area contributed by atoms with Gasteiger partial charge < -0.3 is 14.6 Å². The third kappa shape index (κ3) is 3.79. The summed E-state index contributed by atoms with van der Waals surface area (Å²) >= 11 is 2.97. The lowest BCUT2D eigenvalue weighted by Crippen LogP contribution is -2.47. The van der Waals surface area contributed by atoms with E-state index in [0.29, 0.717) is 17.2 Å². The van der Waals surface area contributed by atoms with E-state index in [9.17, 15) is 9.59 Å². The summed E-state index contributed by atoms with van der Waals surface area (Å²) in [5.41, 5.74) is 1.92. The smallest absolute Gasteiger partial charge is 0.265 e. The number of thioether (sulfide) groups is 1. The molecule has 0 bridgehead atoms. The molecule has 0 saturated carbocycles. The molecule has 2 unspecified atom stereocenters. The number of hydrogen-bond donors (Lipinski definition) is 1. The second kappa shape index (κ2) is 8.02. The lowest BCUT2D eigenvalue weighted by atomic mass is 10.2. The van der Waals surface area contributed by atoms with Crippen LogP contribution in [0.1, 0.15) is 26.2 Å². The van der Waals surface area contributed by atoms with Gasteiger partial charge in [0.1, 0.15) is 11.4 Å².